The van der Waals surface area contributed by atoms with Crippen molar-refractivity contribution in [2.24, 2.45) is 7.05 Å². The number of carbonyl (C=O) groups is 1. The molecule has 3 rings (SSSR count). The van der Waals surface area contributed by atoms with Crippen molar-refractivity contribution >= 4 is 17.5 Å². The number of rotatable bonds is 5. The molecule has 0 unspecified atom stereocenters. The minimum Gasteiger partial charge on any atom is -0.465 e. The molecule has 10 heteroatoms. The maximum atomic E-state index is 11.6. The lowest BCUT2D eigenvalue weighted by atomic mass is 10.1. The highest BCUT2D eigenvalue weighted by molar-refractivity contribution is 5.90. The molecule has 0 N–H and O–H groups in total. The van der Waals surface area contributed by atoms with E-state index in [1.807, 2.05) is 23.6 Å². The van der Waals surface area contributed by atoms with Gasteiger partial charge in [0.1, 0.15) is 0 Å². The van der Waals surface area contributed by atoms with Crippen molar-refractivity contribution < 1.29 is 14.5 Å². The Hall–Kier alpha value is -3.01. The third-order valence-electron chi connectivity index (χ3n) is 5.18. The summed E-state index contributed by atoms with van der Waals surface area (Å²) in [5.74, 6) is -0.361. The number of aryl methyl sites for hydroxylation is 2. The molecule has 0 saturated carbocycles. The molecule has 1 fully saturated rings. The Kier molecular flexibility index (Phi) is 5.59. The number of esters is 1. The number of pyridine rings is 1. The van der Waals surface area contributed by atoms with Gasteiger partial charge in [0.15, 0.2) is 0 Å². The number of carbonyl (C=O) groups excluding carboxylic acids is 1. The molecule has 2 aromatic heterocycles. The molecule has 1 aliphatic heterocycles. The molecule has 0 amide bonds. The summed E-state index contributed by atoms with van der Waals surface area (Å²) in [6, 6.07) is 1.23. The van der Waals surface area contributed by atoms with Crippen LogP contribution in [0.5, 0.6) is 0 Å². The molecule has 0 atom stereocenters. The van der Waals surface area contributed by atoms with Gasteiger partial charge in [0.05, 0.1) is 23.3 Å². The quantitative estimate of drug-likeness (QED) is 0.430. The van der Waals surface area contributed by atoms with Crippen LogP contribution in [-0.4, -0.2) is 63.8 Å². The van der Waals surface area contributed by atoms with Gasteiger partial charge < -0.3 is 9.64 Å². The molecule has 0 spiro atoms. The highest BCUT2D eigenvalue weighted by Crippen LogP contribution is 2.28. The van der Waals surface area contributed by atoms with E-state index in [1.54, 1.807) is 0 Å². The number of nitro groups is 1. The second-order valence-electron chi connectivity index (χ2n) is 6.85. The molecular weight excluding hydrogens is 364 g/mol. The Morgan fingerprint density at radius 2 is 1.96 bits per heavy atom. The topological polar surface area (TPSA) is 107 Å². The third kappa shape index (κ3) is 3.81. The second-order valence-corrected chi connectivity index (χ2v) is 6.85. The lowest BCUT2D eigenvalue weighted by molar-refractivity contribution is -0.384. The molecule has 2 aromatic rings. The van der Waals surface area contributed by atoms with Crippen molar-refractivity contribution in [2.75, 3.05) is 38.2 Å². The van der Waals surface area contributed by atoms with E-state index in [0.717, 1.165) is 31.0 Å². The molecule has 10 nitrogen and oxygen atoms in total. The fourth-order valence-electron chi connectivity index (χ4n) is 3.44. The standard InChI is InChI=1S/C18H24N6O4/c1-12-15(13(2)21(3)20-12)11-22-5-7-23(8-6-22)17-16(24(26)27)9-14(10-19-17)18(25)28-4/h9-10H,5-8,11H2,1-4H3. The predicted octanol–water partition coefficient (Wildman–Crippen LogP) is 1.45. The van der Waals surface area contributed by atoms with Crippen molar-refractivity contribution in [1.82, 2.24) is 19.7 Å². The summed E-state index contributed by atoms with van der Waals surface area (Å²) >= 11 is 0. The second kappa shape index (κ2) is 7.93. The summed E-state index contributed by atoms with van der Waals surface area (Å²) in [5.41, 5.74) is 3.28. The minimum absolute atomic E-state index is 0.0686. The first-order chi connectivity index (χ1) is 13.3. The summed E-state index contributed by atoms with van der Waals surface area (Å²) < 4.78 is 6.51. The Bertz CT molecular complexity index is 902. The molecule has 0 aliphatic carbocycles. The van der Waals surface area contributed by atoms with Crippen molar-refractivity contribution in [3.63, 3.8) is 0 Å². The Morgan fingerprint density at radius 1 is 1.29 bits per heavy atom. The highest BCUT2D eigenvalue weighted by atomic mass is 16.6. The fourth-order valence-corrected chi connectivity index (χ4v) is 3.44. The van der Waals surface area contributed by atoms with Crippen molar-refractivity contribution in [3.05, 3.63) is 44.9 Å². The molecule has 0 radical (unpaired) electrons. The first-order valence-corrected chi connectivity index (χ1v) is 9.01. The van der Waals surface area contributed by atoms with Crippen LogP contribution in [-0.2, 0) is 18.3 Å². The van der Waals surface area contributed by atoms with Gasteiger partial charge in [0.25, 0.3) is 0 Å². The molecule has 0 aromatic carbocycles. The van der Waals surface area contributed by atoms with Crippen molar-refractivity contribution in [3.8, 4) is 0 Å². The van der Waals surface area contributed by atoms with E-state index in [-0.39, 0.29) is 17.1 Å². The van der Waals surface area contributed by atoms with Crippen molar-refractivity contribution in [1.29, 1.82) is 0 Å². The minimum atomic E-state index is -0.644. The van der Waals surface area contributed by atoms with Crippen LogP contribution in [0.1, 0.15) is 27.3 Å². The lowest BCUT2D eigenvalue weighted by Crippen LogP contribution is -2.46. The van der Waals surface area contributed by atoms with Gasteiger partial charge in [0.2, 0.25) is 5.82 Å². The van der Waals surface area contributed by atoms with E-state index in [1.165, 1.54) is 24.9 Å². The average molecular weight is 388 g/mol. The van der Waals surface area contributed by atoms with Gasteiger partial charge in [-0.15, -0.1) is 0 Å². The van der Waals surface area contributed by atoms with Gasteiger partial charge in [-0.2, -0.15) is 5.10 Å². The average Bonchev–Trinajstić information content (AvgIpc) is 2.93. The zero-order valence-electron chi connectivity index (χ0n) is 16.5. The maximum absolute atomic E-state index is 11.6. The molecule has 1 aliphatic rings. The van der Waals surface area contributed by atoms with Gasteiger partial charge in [-0.3, -0.25) is 19.7 Å². The highest BCUT2D eigenvalue weighted by Gasteiger charge is 2.27. The zero-order valence-corrected chi connectivity index (χ0v) is 16.5. The molecule has 150 valence electrons. The molecule has 28 heavy (non-hydrogen) atoms. The molecule has 1 saturated heterocycles. The van der Waals surface area contributed by atoms with E-state index in [4.69, 9.17) is 0 Å². The third-order valence-corrected chi connectivity index (χ3v) is 5.18. The number of ether oxygens (including phenoxy) is 1. The first-order valence-electron chi connectivity index (χ1n) is 9.01. The van der Waals surface area contributed by atoms with Gasteiger partial charge in [0, 0.05) is 63.3 Å². The summed E-state index contributed by atoms with van der Waals surface area (Å²) in [7, 11) is 3.17. The maximum Gasteiger partial charge on any atom is 0.339 e. The van der Waals surface area contributed by atoms with Crippen molar-refractivity contribution in [2.45, 2.75) is 20.4 Å². The number of piperazine rings is 1. The van der Waals surface area contributed by atoms with Crippen LogP contribution in [0.4, 0.5) is 11.5 Å². The van der Waals surface area contributed by atoms with Crippen LogP contribution < -0.4 is 4.90 Å². The number of methoxy groups -OCH3 is 1. The first kappa shape index (κ1) is 19.7. The zero-order chi connectivity index (χ0) is 20.4. The van der Waals surface area contributed by atoms with Gasteiger partial charge in [-0.05, 0) is 13.8 Å². The number of hydrogen-bond donors (Lipinski definition) is 0. The largest absolute Gasteiger partial charge is 0.465 e. The lowest BCUT2D eigenvalue weighted by Gasteiger charge is -2.35. The van der Waals surface area contributed by atoms with Crippen LogP contribution in [0, 0.1) is 24.0 Å². The van der Waals surface area contributed by atoms with Crippen LogP contribution in [0.2, 0.25) is 0 Å². The smallest absolute Gasteiger partial charge is 0.339 e. The number of hydrogen-bond acceptors (Lipinski definition) is 8. The number of aromatic nitrogens is 3. The van der Waals surface area contributed by atoms with Gasteiger partial charge in [-0.25, -0.2) is 9.78 Å². The monoisotopic (exact) mass is 388 g/mol. The SMILES string of the molecule is COC(=O)c1cnc(N2CCN(Cc3c(C)nn(C)c3C)CC2)c([N+](=O)[O-])c1. The van der Waals surface area contributed by atoms with E-state index in [2.05, 4.69) is 26.6 Å². The molecule has 0 bridgehead atoms. The summed E-state index contributed by atoms with van der Waals surface area (Å²) in [6.07, 6.45) is 1.32. The number of nitrogens with zero attached hydrogens (tertiary/aromatic N) is 6. The summed E-state index contributed by atoms with van der Waals surface area (Å²) in [5, 5.41) is 15.9. The van der Waals surface area contributed by atoms with Gasteiger partial charge >= 0.3 is 11.7 Å². The van der Waals surface area contributed by atoms with Crippen LogP contribution in [0.25, 0.3) is 0 Å². The summed E-state index contributed by atoms with van der Waals surface area (Å²) in [4.78, 5) is 31.0. The van der Waals surface area contributed by atoms with Gasteiger partial charge in [-0.1, -0.05) is 0 Å². The van der Waals surface area contributed by atoms with E-state index in [9.17, 15) is 14.9 Å². The predicted molar refractivity (Wildman–Crippen MR) is 102 cm³/mol. The van der Waals surface area contributed by atoms with E-state index >= 15 is 0 Å². The van der Waals surface area contributed by atoms with Crippen LogP contribution >= 0.6 is 0 Å². The molecule has 3 heterocycles. The normalized spacial score (nSPS) is 14.9. The van der Waals surface area contributed by atoms with E-state index < -0.39 is 10.9 Å². The molecular formula is C18H24N6O4. The Labute approximate surface area is 162 Å². The number of anilines is 1. The summed E-state index contributed by atoms with van der Waals surface area (Å²) in [6.45, 7) is 7.61. The Morgan fingerprint density at radius 3 is 2.50 bits per heavy atom. The fraction of sp³-hybridized carbons (Fsp3) is 0.500. The van der Waals surface area contributed by atoms with Crippen LogP contribution in [0.3, 0.4) is 0 Å². The van der Waals surface area contributed by atoms with Crippen LogP contribution in [0.15, 0.2) is 12.3 Å². The Balaban J connectivity index is 1.72. The van der Waals surface area contributed by atoms with E-state index in [0.29, 0.717) is 13.1 Å².